The van der Waals surface area contributed by atoms with E-state index in [1.54, 1.807) is 0 Å². The lowest BCUT2D eigenvalue weighted by molar-refractivity contribution is 0.299. The zero-order valence-corrected chi connectivity index (χ0v) is 15.1. The van der Waals surface area contributed by atoms with Crippen LogP contribution in [-0.2, 0) is 0 Å². The van der Waals surface area contributed by atoms with Crippen molar-refractivity contribution < 1.29 is 4.74 Å². The van der Waals surface area contributed by atoms with Gasteiger partial charge in [-0.1, -0.05) is 23.7 Å². The van der Waals surface area contributed by atoms with E-state index in [4.69, 9.17) is 21.3 Å². The summed E-state index contributed by atoms with van der Waals surface area (Å²) in [4.78, 5) is 7.30. The Morgan fingerprint density at radius 3 is 2.96 bits per heavy atom. The number of hydrogen-bond donors (Lipinski definition) is 1. The minimum absolute atomic E-state index is 0.637. The number of hydrogen-bond acceptors (Lipinski definition) is 3. The van der Waals surface area contributed by atoms with Gasteiger partial charge in [0, 0.05) is 17.6 Å². The molecule has 1 atom stereocenters. The van der Waals surface area contributed by atoms with Crippen molar-refractivity contribution in [3.63, 3.8) is 0 Å². The average molecular weight is 356 g/mol. The first-order chi connectivity index (χ1) is 12.2. The van der Waals surface area contributed by atoms with Crippen LogP contribution in [0.15, 0.2) is 47.5 Å². The molecule has 1 fully saturated rings. The van der Waals surface area contributed by atoms with Crippen LogP contribution in [0.5, 0.6) is 11.5 Å². The highest BCUT2D eigenvalue weighted by Crippen LogP contribution is 2.36. The van der Waals surface area contributed by atoms with Crippen molar-refractivity contribution in [2.45, 2.75) is 25.3 Å². The number of fused-ring (bicyclic) bond motifs is 2. The molecule has 0 spiro atoms. The number of rotatable bonds is 3. The molecule has 4 rings (SSSR count). The monoisotopic (exact) mass is 355 g/mol. The van der Waals surface area contributed by atoms with E-state index in [1.807, 2.05) is 42.5 Å². The van der Waals surface area contributed by atoms with E-state index < -0.39 is 0 Å². The Bertz CT molecular complexity index is 805. The molecule has 0 radical (unpaired) electrons. The highest BCUT2D eigenvalue weighted by atomic mass is 35.5. The van der Waals surface area contributed by atoms with Gasteiger partial charge in [0.05, 0.1) is 11.3 Å². The molecule has 0 aromatic heterocycles. The third-order valence-corrected chi connectivity index (χ3v) is 5.20. The molecule has 4 nitrogen and oxygen atoms in total. The Hall–Kier alpha value is -2.04. The minimum atomic E-state index is 0.637. The fourth-order valence-corrected chi connectivity index (χ4v) is 3.71. The van der Waals surface area contributed by atoms with Gasteiger partial charge in [0.25, 0.3) is 0 Å². The van der Waals surface area contributed by atoms with Crippen LogP contribution in [0, 0.1) is 0 Å². The average Bonchev–Trinajstić information content (AvgIpc) is 2.94. The van der Waals surface area contributed by atoms with E-state index >= 15 is 0 Å². The third kappa shape index (κ3) is 3.51. The fraction of sp³-hybridized carbons (Fsp3) is 0.350. The molecule has 0 bridgehead atoms. The molecule has 1 unspecified atom stereocenters. The standard InChI is InChI=1S/C20H22ClN3O/c1-24-12-4-5-15(24)10-11-22-20-16-13-14(21)8-9-18(16)25-19-7-3-2-6-17(19)23-20/h2-3,6-9,13,15H,4-5,10-12H2,1H3,(H,22,23). The number of nitrogens with one attached hydrogen (secondary N) is 1. The summed E-state index contributed by atoms with van der Waals surface area (Å²) in [6.45, 7) is 1.98. The van der Waals surface area contributed by atoms with Gasteiger partial charge in [0.1, 0.15) is 11.6 Å². The number of para-hydroxylation sites is 2. The number of likely N-dealkylation sites (tertiary alicyclic amines) is 1. The molecule has 25 heavy (non-hydrogen) atoms. The van der Waals surface area contributed by atoms with Gasteiger partial charge in [-0.25, -0.2) is 0 Å². The van der Waals surface area contributed by atoms with E-state index in [2.05, 4.69) is 17.3 Å². The van der Waals surface area contributed by atoms with Crippen molar-refractivity contribution in [1.82, 2.24) is 4.90 Å². The molecule has 2 aliphatic heterocycles. The summed E-state index contributed by atoms with van der Waals surface area (Å²) in [6, 6.07) is 14.2. The lowest BCUT2D eigenvalue weighted by Gasteiger charge is -2.18. The summed E-state index contributed by atoms with van der Waals surface area (Å²) in [5.41, 5.74) is 1.83. The zero-order chi connectivity index (χ0) is 17.2. The molecule has 2 aromatic carbocycles. The van der Waals surface area contributed by atoms with E-state index in [1.165, 1.54) is 19.4 Å². The van der Waals surface area contributed by atoms with E-state index in [0.29, 0.717) is 11.1 Å². The van der Waals surface area contributed by atoms with Gasteiger partial charge in [-0.05, 0) is 63.2 Å². The quantitative estimate of drug-likeness (QED) is 0.860. The Morgan fingerprint density at radius 2 is 2.12 bits per heavy atom. The van der Waals surface area contributed by atoms with Crippen LogP contribution in [0.4, 0.5) is 5.69 Å². The van der Waals surface area contributed by atoms with E-state index in [-0.39, 0.29) is 0 Å². The molecule has 2 heterocycles. The number of amidine groups is 1. The second-order valence-electron chi connectivity index (χ2n) is 6.66. The number of nitrogens with zero attached hydrogens (tertiary/aromatic N) is 2. The van der Waals surface area contributed by atoms with E-state index in [9.17, 15) is 0 Å². The van der Waals surface area contributed by atoms with Crippen LogP contribution in [0.2, 0.25) is 5.02 Å². The maximum Gasteiger partial charge on any atom is 0.150 e. The summed E-state index contributed by atoms with van der Waals surface area (Å²) in [5, 5.41) is 4.11. The topological polar surface area (TPSA) is 36.9 Å². The normalized spacial score (nSPS) is 21.2. The first-order valence-electron chi connectivity index (χ1n) is 8.79. The van der Waals surface area contributed by atoms with Crippen LogP contribution >= 0.6 is 11.6 Å². The molecule has 1 saturated heterocycles. The van der Waals surface area contributed by atoms with Crippen molar-refractivity contribution in [2.24, 2.45) is 4.99 Å². The predicted molar refractivity (Wildman–Crippen MR) is 103 cm³/mol. The van der Waals surface area contributed by atoms with Crippen molar-refractivity contribution in [1.29, 1.82) is 0 Å². The van der Waals surface area contributed by atoms with Crippen molar-refractivity contribution in [2.75, 3.05) is 25.5 Å². The SMILES string of the molecule is CN1CCCC1CCN=C1Nc2ccccc2Oc2ccc(Cl)cc21. The smallest absolute Gasteiger partial charge is 0.150 e. The summed E-state index contributed by atoms with van der Waals surface area (Å²) in [5.74, 6) is 2.40. The van der Waals surface area contributed by atoms with Crippen LogP contribution in [0.25, 0.3) is 0 Å². The molecule has 1 N–H and O–H groups in total. The molecule has 0 saturated carbocycles. The van der Waals surface area contributed by atoms with Gasteiger partial charge in [0.2, 0.25) is 0 Å². The molecular formula is C20H22ClN3O. The summed E-state index contributed by atoms with van der Waals surface area (Å²) < 4.78 is 6.07. The lowest BCUT2D eigenvalue weighted by Crippen LogP contribution is -2.25. The maximum atomic E-state index is 6.22. The largest absolute Gasteiger partial charge is 0.454 e. The van der Waals surface area contributed by atoms with Crippen LogP contribution in [0.3, 0.4) is 0 Å². The van der Waals surface area contributed by atoms with Crippen molar-refractivity contribution in [3.8, 4) is 11.5 Å². The molecule has 5 heteroatoms. The Morgan fingerprint density at radius 1 is 1.24 bits per heavy atom. The Labute approximate surface area is 153 Å². The van der Waals surface area contributed by atoms with Gasteiger partial charge in [-0.3, -0.25) is 4.99 Å². The van der Waals surface area contributed by atoms with Crippen LogP contribution < -0.4 is 10.1 Å². The Kier molecular flexibility index (Phi) is 4.64. The van der Waals surface area contributed by atoms with Gasteiger partial charge in [-0.15, -0.1) is 0 Å². The second kappa shape index (κ2) is 7.06. The molecule has 130 valence electrons. The van der Waals surface area contributed by atoms with Crippen molar-refractivity contribution in [3.05, 3.63) is 53.1 Å². The summed E-state index contributed by atoms with van der Waals surface area (Å²) in [7, 11) is 2.20. The molecule has 0 aliphatic carbocycles. The molecule has 0 amide bonds. The van der Waals surface area contributed by atoms with Crippen molar-refractivity contribution >= 4 is 23.1 Å². The van der Waals surface area contributed by atoms with Gasteiger partial charge < -0.3 is 15.0 Å². The number of aliphatic imine (C=N–C) groups is 1. The van der Waals surface area contributed by atoms with Crippen LogP contribution in [0.1, 0.15) is 24.8 Å². The maximum absolute atomic E-state index is 6.22. The highest BCUT2D eigenvalue weighted by Gasteiger charge is 2.22. The zero-order valence-electron chi connectivity index (χ0n) is 14.3. The lowest BCUT2D eigenvalue weighted by atomic mass is 10.1. The number of halogens is 1. The third-order valence-electron chi connectivity index (χ3n) is 4.96. The fourth-order valence-electron chi connectivity index (χ4n) is 3.54. The summed E-state index contributed by atoms with van der Waals surface area (Å²) in [6.07, 6.45) is 3.62. The molecular weight excluding hydrogens is 334 g/mol. The first kappa shape index (κ1) is 16.4. The summed E-state index contributed by atoms with van der Waals surface area (Å²) >= 11 is 6.22. The predicted octanol–water partition coefficient (Wildman–Crippen LogP) is 4.79. The highest BCUT2D eigenvalue weighted by molar-refractivity contribution is 6.31. The van der Waals surface area contributed by atoms with E-state index in [0.717, 1.165) is 41.6 Å². The van der Waals surface area contributed by atoms with Gasteiger partial charge in [-0.2, -0.15) is 0 Å². The van der Waals surface area contributed by atoms with Gasteiger partial charge in [0.15, 0.2) is 5.75 Å². The molecule has 2 aromatic rings. The number of anilines is 1. The molecule has 2 aliphatic rings. The van der Waals surface area contributed by atoms with Gasteiger partial charge >= 0.3 is 0 Å². The Balaban J connectivity index is 1.63. The van der Waals surface area contributed by atoms with Crippen LogP contribution in [-0.4, -0.2) is 36.9 Å². The number of benzene rings is 2. The second-order valence-corrected chi connectivity index (χ2v) is 7.10. The number of ether oxygens (including phenoxy) is 1. The minimum Gasteiger partial charge on any atom is -0.454 e. The first-order valence-corrected chi connectivity index (χ1v) is 9.17.